The topological polar surface area (TPSA) is 25.2 Å². The highest BCUT2D eigenvalue weighted by Crippen LogP contribution is 2.30. The molecular weight excluding hydrogens is 269 g/mol. The van der Waals surface area contributed by atoms with Crippen molar-refractivity contribution in [2.75, 3.05) is 7.05 Å². The molecule has 0 aliphatic rings. The number of rotatable bonds is 3. The molecule has 0 aliphatic heterocycles. The van der Waals surface area contributed by atoms with Crippen LogP contribution in [0.1, 0.15) is 28.7 Å². The number of nitrogens with one attached hydrogen (secondary N) is 1. The van der Waals surface area contributed by atoms with Gasteiger partial charge in [0.05, 0.1) is 16.1 Å². The number of furan rings is 1. The molecule has 0 saturated carbocycles. The van der Waals surface area contributed by atoms with Gasteiger partial charge in [0.2, 0.25) is 0 Å². The summed E-state index contributed by atoms with van der Waals surface area (Å²) in [6.45, 7) is 3.99. The summed E-state index contributed by atoms with van der Waals surface area (Å²) in [7, 11) is 1.89. The average molecular weight is 284 g/mol. The summed E-state index contributed by atoms with van der Waals surface area (Å²) < 4.78 is 5.75. The van der Waals surface area contributed by atoms with Crippen molar-refractivity contribution in [3.63, 3.8) is 0 Å². The first kappa shape index (κ1) is 13.5. The van der Waals surface area contributed by atoms with Gasteiger partial charge in [-0.15, -0.1) is 0 Å². The molecule has 1 aromatic carbocycles. The van der Waals surface area contributed by atoms with E-state index in [4.69, 9.17) is 27.6 Å². The maximum absolute atomic E-state index is 6.05. The fraction of sp³-hybridized carbons (Fsp3) is 0.286. The molecule has 0 amide bonds. The van der Waals surface area contributed by atoms with Gasteiger partial charge in [-0.25, -0.2) is 0 Å². The summed E-state index contributed by atoms with van der Waals surface area (Å²) >= 11 is 12.0. The maximum Gasteiger partial charge on any atom is 0.125 e. The van der Waals surface area contributed by atoms with Crippen molar-refractivity contribution in [3.8, 4) is 0 Å². The van der Waals surface area contributed by atoms with Crippen molar-refractivity contribution < 1.29 is 4.42 Å². The summed E-state index contributed by atoms with van der Waals surface area (Å²) in [5.41, 5.74) is 2.17. The largest absolute Gasteiger partial charge is 0.464 e. The zero-order chi connectivity index (χ0) is 13.3. The Hall–Kier alpha value is -0.960. The zero-order valence-corrected chi connectivity index (χ0v) is 12.1. The predicted molar refractivity (Wildman–Crippen MR) is 75.5 cm³/mol. The Balaban J connectivity index is 2.41. The molecule has 96 valence electrons. The van der Waals surface area contributed by atoms with Gasteiger partial charge >= 0.3 is 0 Å². The Bertz CT molecular complexity index is 543. The molecule has 1 aromatic heterocycles. The quantitative estimate of drug-likeness (QED) is 0.897. The van der Waals surface area contributed by atoms with Gasteiger partial charge < -0.3 is 9.73 Å². The van der Waals surface area contributed by atoms with E-state index < -0.39 is 0 Å². The first-order valence-electron chi connectivity index (χ1n) is 5.72. The maximum atomic E-state index is 6.05. The monoisotopic (exact) mass is 283 g/mol. The van der Waals surface area contributed by atoms with Gasteiger partial charge in [-0.1, -0.05) is 29.3 Å². The Morgan fingerprint density at radius 2 is 1.83 bits per heavy atom. The van der Waals surface area contributed by atoms with E-state index in [1.54, 1.807) is 6.07 Å². The molecule has 0 aliphatic carbocycles. The smallest absolute Gasteiger partial charge is 0.125 e. The summed E-state index contributed by atoms with van der Waals surface area (Å²) in [6.07, 6.45) is 0. The third-order valence-corrected chi connectivity index (χ3v) is 3.77. The van der Waals surface area contributed by atoms with Crippen LogP contribution in [0.4, 0.5) is 0 Å². The van der Waals surface area contributed by atoms with Gasteiger partial charge in [-0.3, -0.25) is 0 Å². The zero-order valence-electron chi connectivity index (χ0n) is 10.6. The van der Waals surface area contributed by atoms with Crippen molar-refractivity contribution in [2.24, 2.45) is 0 Å². The van der Waals surface area contributed by atoms with Crippen molar-refractivity contribution in [3.05, 3.63) is 57.0 Å². The van der Waals surface area contributed by atoms with Gasteiger partial charge in [-0.2, -0.15) is 0 Å². The van der Waals surface area contributed by atoms with E-state index in [1.165, 1.54) is 0 Å². The van der Waals surface area contributed by atoms with Crippen LogP contribution in [0.2, 0.25) is 10.0 Å². The van der Waals surface area contributed by atoms with E-state index in [2.05, 4.69) is 5.32 Å². The van der Waals surface area contributed by atoms with Crippen LogP contribution in [-0.2, 0) is 0 Å². The van der Waals surface area contributed by atoms with Gasteiger partial charge in [0.25, 0.3) is 0 Å². The van der Waals surface area contributed by atoms with Crippen LogP contribution >= 0.6 is 23.2 Å². The minimum atomic E-state index is -0.0211. The molecule has 0 radical (unpaired) electrons. The van der Waals surface area contributed by atoms with Gasteiger partial charge in [0.15, 0.2) is 0 Å². The van der Waals surface area contributed by atoms with Crippen LogP contribution in [0.25, 0.3) is 0 Å². The summed E-state index contributed by atoms with van der Waals surface area (Å²) in [6, 6.07) is 7.62. The number of benzene rings is 1. The van der Waals surface area contributed by atoms with Gasteiger partial charge in [0.1, 0.15) is 11.5 Å². The molecule has 0 saturated heterocycles. The number of hydrogen-bond acceptors (Lipinski definition) is 2. The highest BCUT2D eigenvalue weighted by molar-refractivity contribution is 6.42. The number of aryl methyl sites for hydroxylation is 2. The van der Waals surface area contributed by atoms with E-state index in [0.717, 1.165) is 22.6 Å². The Labute approximate surface area is 117 Å². The molecule has 0 fully saturated rings. The third-order valence-electron chi connectivity index (χ3n) is 3.04. The molecule has 4 heteroatoms. The lowest BCUT2D eigenvalue weighted by molar-refractivity contribution is 0.443. The van der Waals surface area contributed by atoms with Crippen molar-refractivity contribution >= 4 is 23.2 Å². The Morgan fingerprint density at radius 1 is 1.11 bits per heavy atom. The third kappa shape index (κ3) is 2.56. The van der Waals surface area contributed by atoms with Crippen LogP contribution in [-0.4, -0.2) is 7.05 Å². The fourth-order valence-corrected chi connectivity index (χ4v) is 2.22. The minimum absolute atomic E-state index is 0.0211. The van der Waals surface area contributed by atoms with E-state index in [-0.39, 0.29) is 6.04 Å². The van der Waals surface area contributed by atoms with E-state index in [0.29, 0.717) is 10.0 Å². The molecule has 0 bridgehead atoms. The first-order valence-corrected chi connectivity index (χ1v) is 6.47. The lowest BCUT2D eigenvalue weighted by Crippen LogP contribution is -2.16. The minimum Gasteiger partial charge on any atom is -0.464 e. The van der Waals surface area contributed by atoms with Crippen molar-refractivity contribution in [1.82, 2.24) is 5.32 Å². The summed E-state index contributed by atoms with van der Waals surface area (Å²) in [5.74, 6) is 1.82. The molecule has 18 heavy (non-hydrogen) atoms. The number of halogens is 2. The van der Waals surface area contributed by atoms with E-state index in [1.807, 2.05) is 39.1 Å². The predicted octanol–water partition coefficient (Wildman–Crippen LogP) is 4.51. The van der Waals surface area contributed by atoms with Gasteiger partial charge in [0, 0.05) is 0 Å². The second kappa shape index (κ2) is 5.35. The molecule has 2 nitrogen and oxygen atoms in total. The van der Waals surface area contributed by atoms with Crippen LogP contribution in [0.3, 0.4) is 0 Å². The van der Waals surface area contributed by atoms with E-state index in [9.17, 15) is 0 Å². The lowest BCUT2D eigenvalue weighted by Gasteiger charge is -2.14. The van der Waals surface area contributed by atoms with Crippen molar-refractivity contribution in [2.45, 2.75) is 19.9 Å². The SMILES string of the molecule is CNC(c1ccc(Cl)c(Cl)c1)c1cc(C)c(C)o1. The molecule has 2 rings (SSSR count). The summed E-state index contributed by atoms with van der Waals surface area (Å²) in [5, 5.41) is 4.33. The molecule has 2 aromatic rings. The molecule has 1 N–H and O–H groups in total. The van der Waals surface area contributed by atoms with E-state index >= 15 is 0 Å². The molecule has 1 heterocycles. The van der Waals surface area contributed by atoms with Crippen molar-refractivity contribution in [1.29, 1.82) is 0 Å². The van der Waals surface area contributed by atoms with Crippen LogP contribution in [0.15, 0.2) is 28.7 Å². The fourth-order valence-electron chi connectivity index (χ4n) is 1.91. The first-order chi connectivity index (χ1) is 8.52. The normalized spacial score (nSPS) is 12.7. The van der Waals surface area contributed by atoms with Crippen LogP contribution in [0, 0.1) is 13.8 Å². The second-order valence-corrected chi connectivity index (χ2v) is 5.10. The molecule has 1 unspecified atom stereocenters. The lowest BCUT2D eigenvalue weighted by atomic mass is 10.0. The molecular formula is C14H15Cl2NO. The standard InChI is InChI=1S/C14H15Cl2NO/c1-8-6-13(18-9(8)2)14(17-3)10-4-5-11(15)12(16)7-10/h4-7,14,17H,1-3H3. The average Bonchev–Trinajstić information content (AvgIpc) is 2.65. The number of hydrogen-bond donors (Lipinski definition) is 1. The van der Waals surface area contributed by atoms with Crippen LogP contribution < -0.4 is 5.32 Å². The Kier molecular flexibility index (Phi) is 4.00. The summed E-state index contributed by atoms with van der Waals surface area (Å²) in [4.78, 5) is 0. The molecule has 0 spiro atoms. The highest BCUT2D eigenvalue weighted by atomic mass is 35.5. The molecule has 1 atom stereocenters. The Morgan fingerprint density at radius 3 is 2.33 bits per heavy atom. The highest BCUT2D eigenvalue weighted by Gasteiger charge is 2.17. The van der Waals surface area contributed by atoms with Gasteiger partial charge in [-0.05, 0) is 50.2 Å². The second-order valence-electron chi connectivity index (χ2n) is 4.28. The van der Waals surface area contributed by atoms with Crippen LogP contribution in [0.5, 0.6) is 0 Å².